The number of rotatable bonds is 8. The van der Waals surface area contributed by atoms with E-state index in [4.69, 9.17) is 9.84 Å². The number of amides is 3. The van der Waals surface area contributed by atoms with Gasteiger partial charge in [0.25, 0.3) is 0 Å². The molecule has 4 N–H and O–H groups in total. The maximum Gasteiger partial charge on any atom is 0.326 e. The maximum absolute atomic E-state index is 11.6. The topological polar surface area (TPSA) is 117 Å². The van der Waals surface area contributed by atoms with Gasteiger partial charge in [-0.3, -0.25) is 4.79 Å². The lowest BCUT2D eigenvalue weighted by molar-refractivity contribution is -0.141. The third-order valence-corrected chi connectivity index (χ3v) is 2.65. The number of hydrogen-bond donors (Lipinski definition) is 4. The van der Waals surface area contributed by atoms with Crippen LogP contribution in [0.3, 0.4) is 0 Å². The number of nitrogens with one attached hydrogen (secondary N) is 3. The fourth-order valence-corrected chi connectivity index (χ4v) is 1.50. The molecule has 0 rings (SSSR count). The molecule has 0 radical (unpaired) electrons. The number of carboxylic acid groups (broad SMARTS) is 1. The van der Waals surface area contributed by atoms with Gasteiger partial charge in [0, 0.05) is 26.6 Å². The average Bonchev–Trinajstić information content (AvgIpc) is 2.34. The van der Waals surface area contributed by atoms with Crippen molar-refractivity contribution in [3.05, 3.63) is 0 Å². The number of urea groups is 1. The van der Waals surface area contributed by atoms with E-state index in [1.807, 2.05) is 0 Å². The van der Waals surface area contributed by atoms with Crippen molar-refractivity contribution < 1.29 is 24.2 Å². The summed E-state index contributed by atoms with van der Waals surface area (Å²) in [4.78, 5) is 34.1. The van der Waals surface area contributed by atoms with E-state index in [2.05, 4.69) is 16.0 Å². The van der Waals surface area contributed by atoms with Crippen LogP contribution in [0.15, 0.2) is 0 Å². The molecule has 0 saturated carbocycles. The molecule has 0 aromatic rings. The molecule has 0 bridgehead atoms. The lowest BCUT2D eigenvalue weighted by atomic mass is 9.87. The predicted octanol–water partition coefficient (Wildman–Crippen LogP) is -0.0624. The second kappa shape index (κ2) is 9.17. The molecule has 0 heterocycles. The molecule has 0 aliphatic heterocycles. The Morgan fingerprint density at radius 2 is 1.76 bits per heavy atom. The summed E-state index contributed by atoms with van der Waals surface area (Å²) in [6.45, 7) is 6.11. The van der Waals surface area contributed by atoms with Gasteiger partial charge in [0.15, 0.2) is 0 Å². The van der Waals surface area contributed by atoms with E-state index in [9.17, 15) is 14.4 Å². The van der Waals surface area contributed by atoms with Crippen LogP contribution in [0.25, 0.3) is 0 Å². The molecule has 8 nitrogen and oxygen atoms in total. The zero-order chi connectivity index (χ0) is 16.5. The van der Waals surface area contributed by atoms with E-state index in [1.165, 1.54) is 7.11 Å². The van der Waals surface area contributed by atoms with Crippen molar-refractivity contribution in [3.63, 3.8) is 0 Å². The largest absolute Gasteiger partial charge is 0.480 e. The number of ether oxygens (including phenoxy) is 1. The maximum atomic E-state index is 11.6. The third kappa shape index (κ3) is 8.85. The Bertz CT molecular complexity index is 365. The number of carboxylic acids is 1. The first-order valence-corrected chi connectivity index (χ1v) is 6.71. The molecule has 0 fully saturated rings. The molecule has 0 spiro atoms. The summed E-state index contributed by atoms with van der Waals surface area (Å²) in [5.41, 5.74) is -0.610. The molecule has 0 aliphatic carbocycles. The molecule has 1 atom stereocenters. The van der Waals surface area contributed by atoms with Crippen LogP contribution in [0.1, 0.15) is 27.2 Å². The van der Waals surface area contributed by atoms with Gasteiger partial charge >= 0.3 is 12.0 Å². The first kappa shape index (κ1) is 19.2. The molecule has 0 aromatic carbocycles. The van der Waals surface area contributed by atoms with Crippen LogP contribution >= 0.6 is 0 Å². The van der Waals surface area contributed by atoms with Crippen molar-refractivity contribution in [2.75, 3.05) is 26.8 Å². The van der Waals surface area contributed by atoms with Crippen molar-refractivity contribution in [2.24, 2.45) is 5.41 Å². The lowest BCUT2D eigenvalue weighted by Gasteiger charge is -2.27. The van der Waals surface area contributed by atoms with E-state index in [1.54, 1.807) is 20.8 Å². The van der Waals surface area contributed by atoms with Gasteiger partial charge in [-0.1, -0.05) is 20.8 Å². The summed E-state index contributed by atoms with van der Waals surface area (Å²) in [6, 6.07) is -1.62. The molecular weight excluding hydrogens is 278 g/mol. The highest BCUT2D eigenvalue weighted by atomic mass is 16.5. The Labute approximate surface area is 124 Å². The standard InChI is InChI=1S/C13H25N3O5/c1-13(2,3)10(11(18)19)16-12(20)15-6-5-9(17)14-7-8-21-4/h10H,5-8H2,1-4H3,(H,14,17)(H,18,19)(H2,15,16,20). The minimum atomic E-state index is -1.10. The highest BCUT2D eigenvalue weighted by Gasteiger charge is 2.32. The van der Waals surface area contributed by atoms with E-state index in [0.717, 1.165) is 0 Å². The van der Waals surface area contributed by atoms with Gasteiger partial charge in [0.05, 0.1) is 6.61 Å². The van der Waals surface area contributed by atoms with Crippen LogP contribution in [-0.2, 0) is 14.3 Å². The molecule has 3 amide bonds. The van der Waals surface area contributed by atoms with Crippen LogP contribution in [-0.4, -0.2) is 55.9 Å². The number of carbonyl (C=O) groups is 3. The fraction of sp³-hybridized carbons (Fsp3) is 0.769. The first-order valence-electron chi connectivity index (χ1n) is 6.71. The molecule has 0 saturated heterocycles. The zero-order valence-corrected chi connectivity index (χ0v) is 13.0. The summed E-state index contributed by atoms with van der Waals surface area (Å²) in [6.07, 6.45) is 0.115. The number of methoxy groups -OCH3 is 1. The Kier molecular flexibility index (Phi) is 8.37. The SMILES string of the molecule is COCCNC(=O)CCNC(=O)NC(C(=O)O)C(C)(C)C. The molecule has 0 aromatic heterocycles. The van der Waals surface area contributed by atoms with Crippen molar-refractivity contribution in [3.8, 4) is 0 Å². The summed E-state index contributed by atoms with van der Waals surface area (Å²) in [5.74, 6) is -1.31. The quantitative estimate of drug-likeness (QED) is 0.469. The monoisotopic (exact) mass is 303 g/mol. The minimum Gasteiger partial charge on any atom is -0.480 e. The van der Waals surface area contributed by atoms with Gasteiger partial charge in [-0.2, -0.15) is 0 Å². The Hall–Kier alpha value is -1.83. The highest BCUT2D eigenvalue weighted by Crippen LogP contribution is 2.19. The van der Waals surface area contributed by atoms with E-state index in [0.29, 0.717) is 13.2 Å². The van der Waals surface area contributed by atoms with Crippen LogP contribution in [0.2, 0.25) is 0 Å². The van der Waals surface area contributed by atoms with Crippen LogP contribution in [0, 0.1) is 5.41 Å². The molecule has 1 unspecified atom stereocenters. The van der Waals surface area contributed by atoms with Crippen molar-refractivity contribution in [1.29, 1.82) is 0 Å². The van der Waals surface area contributed by atoms with Gasteiger partial charge < -0.3 is 25.8 Å². The van der Waals surface area contributed by atoms with Crippen LogP contribution < -0.4 is 16.0 Å². The second-order valence-corrected chi connectivity index (χ2v) is 5.63. The third-order valence-electron chi connectivity index (χ3n) is 2.65. The van der Waals surface area contributed by atoms with Gasteiger partial charge in [0.2, 0.25) is 5.91 Å². The predicted molar refractivity (Wildman–Crippen MR) is 76.9 cm³/mol. The zero-order valence-electron chi connectivity index (χ0n) is 13.0. The van der Waals surface area contributed by atoms with Crippen molar-refractivity contribution in [2.45, 2.75) is 33.2 Å². The molecule has 8 heteroatoms. The summed E-state index contributed by atoms with van der Waals surface area (Å²) in [5, 5.41) is 16.5. The van der Waals surface area contributed by atoms with E-state index >= 15 is 0 Å². The molecule has 122 valence electrons. The van der Waals surface area contributed by atoms with Crippen LogP contribution in [0.5, 0.6) is 0 Å². The lowest BCUT2D eigenvalue weighted by Crippen LogP contribution is -2.52. The second-order valence-electron chi connectivity index (χ2n) is 5.63. The van der Waals surface area contributed by atoms with Gasteiger partial charge in [-0.05, 0) is 5.41 Å². The molecule has 0 aliphatic rings. The normalized spacial score (nSPS) is 12.4. The smallest absolute Gasteiger partial charge is 0.326 e. The summed E-state index contributed by atoms with van der Waals surface area (Å²) >= 11 is 0. The molecule has 21 heavy (non-hydrogen) atoms. The van der Waals surface area contributed by atoms with Gasteiger partial charge in [-0.25, -0.2) is 9.59 Å². The van der Waals surface area contributed by atoms with Crippen molar-refractivity contribution >= 4 is 17.9 Å². The van der Waals surface area contributed by atoms with Crippen molar-refractivity contribution in [1.82, 2.24) is 16.0 Å². The fourth-order valence-electron chi connectivity index (χ4n) is 1.50. The first-order chi connectivity index (χ1) is 9.68. The number of carbonyl (C=O) groups excluding carboxylic acids is 2. The number of aliphatic carboxylic acids is 1. The molecular formula is C13H25N3O5. The minimum absolute atomic E-state index is 0.115. The Morgan fingerprint density at radius 3 is 2.24 bits per heavy atom. The van der Waals surface area contributed by atoms with Gasteiger partial charge in [-0.15, -0.1) is 0 Å². The number of hydrogen-bond acceptors (Lipinski definition) is 4. The Morgan fingerprint density at radius 1 is 1.14 bits per heavy atom. The van der Waals surface area contributed by atoms with E-state index in [-0.39, 0.29) is 18.9 Å². The Balaban J connectivity index is 4.04. The average molecular weight is 303 g/mol. The summed E-state index contributed by atoms with van der Waals surface area (Å²) < 4.78 is 4.78. The van der Waals surface area contributed by atoms with Crippen LogP contribution in [0.4, 0.5) is 4.79 Å². The summed E-state index contributed by atoms with van der Waals surface area (Å²) in [7, 11) is 1.53. The van der Waals surface area contributed by atoms with E-state index < -0.39 is 23.5 Å². The van der Waals surface area contributed by atoms with Gasteiger partial charge in [0.1, 0.15) is 6.04 Å². The highest BCUT2D eigenvalue weighted by molar-refractivity contribution is 5.83.